The molecule has 0 aliphatic carbocycles. The molecule has 1 rings (SSSR count). The number of ether oxygens (including phenoxy) is 1. The predicted molar refractivity (Wildman–Crippen MR) is 67.0 cm³/mol. The zero-order valence-electron chi connectivity index (χ0n) is 8.88. The van der Waals surface area contributed by atoms with Gasteiger partial charge < -0.3 is 4.74 Å². The molecule has 0 saturated heterocycles. The number of thioether (sulfide) groups is 1. The van der Waals surface area contributed by atoms with E-state index in [4.69, 9.17) is 0 Å². The van der Waals surface area contributed by atoms with Gasteiger partial charge in [-0.25, -0.2) is 0 Å². The van der Waals surface area contributed by atoms with Crippen molar-refractivity contribution < 1.29 is 13.5 Å². The van der Waals surface area contributed by atoms with Crippen LogP contribution < -0.4 is 4.74 Å². The second-order valence-electron chi connectivity index (χ2n) is 3.12. The van der Waals surface area contributed by atoms with E-state index in [1.54, 1.807) is 12.1 Å². The molecule has 0 fully saturated rings. The van der Waals surface area contributed by atoms with E-state index in [9.17, 15) is 8.78 Å². The first kappa shape index (κ1) is 13.8. The lowest BCUT2D eigenvalue weighted by Crippen LogP contribution is -2.04. The molecule has 0 bridgehead atoms. The molecular formula is C11H13BrF2OS. The maximum Gasteiger partial charge on any atom is 0.387 e. The summed E-state index contributed by atoms with van der Waals surface area (Å²) < 4.78 is 28.9. The van der Waals surface area contributed by atoms with E-state index in [2.05, 4.69) is 20.7 Å². The van der Waals surface area contributed by atoms with Gasteiger partial charge in [-0.1, -0.05) is 28.1 Å². The molecule has 0 aliphatic heterocycles. The van der Waals surface area contributed by atoms with Crippen molar-refractivity contribution >= 4 is 27.7 Å². The monoisotopic (exact) mass is 310 g/mol. The number of hydrogen-bond acceptors (Lipinski definition) is 2. The Bertz CT molecular complexity index is 334. The maximum atomic E-state index is 12.2. The summed E-state index contributed by atoms with van der Waals surface area (Å²) in [6, 6.07) is 5.28. The van der Waals surface area contributed by atoms with Crippen LogP contribution in [0, 0.1) is 0 Å². The predicted octanol–water partition coefficient (Wildman–Crippen LogP) is 4.34. The molecular weight excluding hydrogens is 298 g/mol. The van der Waals surface area contributed by atoms with Crippen molar-refractivity contribution in [1.29, 1.82) is 0 Å². The molecule has 0 amide bonds. The molecule has 0 atom stereocenters. The third-order valence-electron chi connectivity index (χ3n) is 2.06. The number of alkyl halides is 3. The van der Waals surface area contributed by atoms with Gasteiger partial charge in [-0.3, -0.25) is 0 Å². The Balaban J connectivity index is 2.91. The molecule has 0 N–H and O–H groups in total. The molecule has 0 aliphatic rings. The quantitative estimate of drug-likeness (QED) is 0.571. The Hall–Kier alpha value is -0.290. The van der Waals surface area contributed by atoms with Crippen LogP contribution in [0.4, 0.5) is 8.78 Å². The van der Waals surface area contributed by atoms with Crippen LogP contribution in [-0.4, -0.2) is 18.2 Å². The molecule has 0 radical (unpaired) electrons. The van der Waals surface area contributed by atoms with E-state index in [1.807, 2.05) is 12.3 Å². The summed E-state index contributed by atoms with van der Waals surface area (Å²) in [5, 5.41) is 0.904. The van der Waals surface area contributed by atoms with Gasteiger partial charge in [-0.15, -0.1) is 11.8 Å². The Morgan fingerprint density at radius 1 is 1.44 bits per heavy atom. The highest BCUT2D eigenvalue weighted by molar-refractivity contribution is 9.09. The van der Waals surface area contributed by atoms with Crippen LogP contribution in [0.25, 0.3) is 0 Å². The van der Waals surface area contributed by atoms with Gasteiger partial charge >= 0.3 is 6.61 Å². The zero-order valence-corrected chi connectivity index (χ0v) is 11.3. The summed E-state index contributed by atoms with van der Waals surface area (Å²) in [7, 11) is 0. The first-order valence-electron chi connectivity index (χ1n) is 4.85. The second-order valence-corrected chi connectivity index (χ2v) is 4.73. The summed E-state index contributed by atoms with van der Waals surface area (Å²) in [5.74, 6) is 0.273. The van der Waals surface area contributed by atoms with E-state index in [0.29, 0.717) is 0 Å². The van der Waals surface area contributed by atoms with E-state index in [1.165, 1.54) is 11.8 Å². The van der Waals surface area contributed by atoms with E-state index >= 15 is 0 Å². The van der Waals surface area contributed by atoms with Crippen molar-refractivity contribution in [3.63, 3.8) is 0 Å². The van der Waals surface area contributed by atoms with Gasteiger partial charge in [0.2, 0.25) is 0 Å². The molecule has 0 saturated carbocycles. The van der Waals surface area contributed by atoms with Gasteiger partial charge in [0.15, 0.2) is 0 Å². The zero-order chi connectivity index (χ0) is 12.0. The van der Waals surface area contributed by atoms with Crippen LogP contribution in [0.1, 0.15) is 12.0 Å². The van der Waals surface area contributed by atoms with Crippen molar-refractivity contribution in [2.45, 2.75) is 24.3 Å². The van der Waals surface area contributed by atoms with Crippen molar-refractivity contribution in [3.05, 3.63) is 23.8 Å². The molecule has 16 heavy (non-hydrogen) atoms. The van der Waals surface area contributed by atoms with Crippen LogP contribution in [0.15, 0.2) is 23.1 Å². The lowest BCUT2D eigenvalue weighted by Gasteiger charge is -2.12. The Labute approximate surface area is 107 Å². The largest absolute Gasteiger partial charge is 0.434 e. The highest BCUT2D eigenvalue weighted by atomic mass is 79.9. The normalized spacial score (nSPS) is 10.8. The summed E-state index contributed by atoms with van der Waals surface area (Å²) in [6.07, 6.45) is 3.71. The van der Waals surface area contributed by atoms with Crippen molar-refractivity contribution in [2.24, 2.45) is 0 Å². The lowest BCUT2D eigenvalue weighted by molar-refractivity contribution is -0.0517. The summed E-state index contributed by atoms with van der Waals surface area (Å²) in [4.78, 5) is 0.809. The topological polar surface area (TPSA) is 9.23 Å². The number of halogens is 3. The van der Waals surface area contributed by atoms with Gasteiger partial charge in [0.25, 0.3) is 0 Å². The van der Waals surface area contributed by atoms with E-state index in [0.717, 1.165) is 28.6 Å². The molecule has 0 heterocycles. The fourth-order valence-electron chi connectivity index (χ4n) is 1.44. The number of aryl methyl sites for hydroxylation is 1. The van der Waals surface area contributed by atoms with Crippen LogP contribution in [0.3, 0.4) is 0 Å². The van der Waals surface area contributed by atoms with E-state index in [-0.39, 0.29) is 5.75 Å². The van der Waals surface area contributed by atoms with Gasteiger partial charge in [0, 0.05) is 5.33 Å². The summed E-state index contributed by atoms with van der Waals surface area (Å²) in [5.41, 5.74) is 1.06. The smallest absolute Gasteiger partial charge is 0.387 e. The molecule has 0 spiro atoms. The van der Waals surface area contributed by atoms with Crippen molar-refractivity contribution in [3.8, 4) is 5.75 Å². The Kier molecular flexibility index (Phi) is 6.13. The van der Waals surface area contributed by atoms with Crippen molar-refractivity contribution in [2.75, 3.05) is 11.6 Å². The summed E-state index contributed by atoms with van der Waals surface area (Å²) >= 11 is 4.79. The van der Waals surface area contributed by atoms with Crippen LogP contribution in [0.5, 0.6) is 5.75 Å². The SMILES string of the molecule is CSc1c(CCCBr)cccc1OC(F)F. The highest BCUT2D eigenvalue weighted by Gasteiger charge is 2.12. The van der Waals surface area contributed by atoms with Gasteiger partial charge in [0.1, 0.15) is 5.75 Å². The third-order valence-corrected chi connectivity index (χ3v) is 3.49. The lowest BCUT2D eigenvalue weighted by atomic mass is 10.1. The Morgan fingerprint density at radius 3 is 2.75 bits per heavy atom. The number of rotatable bonds is 6. The Morgan fingerprint density at radius 2 is 2.19 bits per heavy atom. The van der Waals surface area contributed by atoms with Crippen LogP contribution in [-0.2, 0) is 6.42 Å². The second kappa shape index (κ2) is 7.12. The minimum absolute atomic E-state index is 0.273. The first-order valence-corrected chi connectivity index (χ1v) is 7.20. The highest BCUT2D eigenvalue weighted by Crippen LogP contribution is 2.33. The first-order chi connectivity index (χ1) is 7.69. The van der Waals surface area contributed by atoms with Gasteiger partial charge in [-0.05, 0) is 30.7 Å². The fraction of sp³-hybridized carbons (Fsp3) is 0.455. The number of benzene rings is 1. The van der Waals surface area contributed by atoms with Gasteiger partial charge in [0.05, 0.1) is 4.90 Å². The van der Waals surface area contributed by atoms with Crippen molar-refractivity contribution in [1.82, 2.24) is 0 Å². The standard InChI is InChI=1S/C11H13BrF2OS/c1-16-10-8(5-3-7-12)4-2-6-9(10)15-11(13)14/h2,4,6,11H,3,5,7H2,1H3. The third kappa shape index (κ3) is 3.94. The van der Waals surface area contributed by atoms with Crippen LogP contribution >= 0.6 is 27.7 Å². The molecule has 0 unspecified atom stereocenters. The summed E-state index contributed by atoms with van der Waals surface area (Å²) in [6.45, 7) is -2.77. The molecule has 0 aromatic heterocycles. The van der Waals surface area contributed by atoms with E-state index < -0.39 is 6.61 Å². The molecule has 1 aromatic rings. The minimum Gasteiger partial charge on any atom is -0.434 e. The average molecular weight is 311 g/mol. The fourth-order valence-corrected chi connectivity index (χ4v) is 2.47. The average Bonchev–Trinajstić information content (AvgIpc) is 2.25. The molecule has 90 valence electrons. The minimum atomic E-state index is -2.77. The number of hydrogen-bond donors (Lipinski definition) is 0. The molecule has 1 aromatic carbocycles. The maximum absolute atomic E-state index is 12.2. The molecule has 5 heteroatoms. The van der Waals surface area contributed by atoms with Gasteiger partial charge in [-0.2, -0.15) is 8.78 Å². The molecule has 1 nitrogen and oxygen atoms in total. The van der Waals surface area contributed by atoms with Crippen LogP contribution in [0.2, 0.25) is 0 Å².